The average molecular weight is 292 g/mol. The van der Waals surface area contributed by atoms with Crippen molar-refractivity contribution in [2.75, 3.05) is 13.6 Å². The average Bonchev–Trinajstić information content (AvgIpc) is 3.05. The lowest BCUT2D eigenvalue weighted by molar-refractivity contribution is 0.777. The second-order valence-electron chi connectivity index (χ2n) is 4.43. The molecule has 0 saturated carbocycles. The van der Waals surface area contributed by atoms with Crippen LogP contribution in [0, 0.1) is 13.8 Å². The number of hydrogen-bond acceptors (Lipinski definition) is 4. The number of aromatic nitrogens is 3. The molecule has 0 aliphatic carbocycles. The highest BCUT2D eigenvalue weighted by Crippen LogP contribution is 2.16. The summed E-state index contributed by atoms with van der Waals surface area (Å²) in [7, 11) is 1.76. The molecule has 0 aliphatic rings. The Balaban J connectivity index is 1.74. The van der Waals surface area contributed by atoms with Gasteiger partial charge in [-0.05, 0) is 19.9 Å². The summed E-state index contributed by atoms with van der Waals surface area (Å²) in [5.41, 5.74) is 2.16. The molecule has 2 aromatic rings. The van der Waals surface area contributed by atoms with E-state index in [9.17, 15) is 0 Å². The Morgan fingerprint density at radius 1 is 1.40 bits per heavy atom. The Morgan fingerprint density at radius 3 is 2.85 bits per heavy atom. The smallest absolute Gasteiger partial charge is 0.191 e. The molecule has 20 heavy (non-hydrogen) atoms. The number of thiazole rings is 1. The van der Waals surface area contributed by atoms with Gasteiger partial charge in [0.15, 0.2) is 5.96 Å². The molecule has 6 nitrogen and oxygen atoms in total. The molecule has 0 bridgehead atoms. The van der Waals surface area contributed by atoms with Crippen LogP contribution in [0.2, 0.25) is 0 Å². The van der Waals surface area contributed by atoms with Crippen molar-refractivity contribution in [2.45, 2.75) is 26.8 Å². The first kappa shape index (κ1) is 14.5. The van der Waals surface area contributed by atoms with E-state index >= 15 is 0 Å². The predicted molar refractivity (Wildman–Crippen MR) is 82.1 cm³/mol. The van der Waals surface area contributed by atoms with Crippen molar-refractivity contribution in [3.63, 3.8) is 0 Å². The minimum atomic E-state index is 0.676. The molecule has 2 rings (SSSR count). The van der Waals surface area contributed by atoms with Gasteiger partial charge in [-0.25, -0.2) is 4.98 Å². The molecule has 0 spiro atoms. The number of hydrogen-bond donors (Lipinski definition) is 3. The van der Waals surface area contributed by atoms with Crippen LogP contribution in [-0.4, -0.2) is 34.7 Å². The Bertz CT molecular complexity index is 538. The minimum absolute atomic E-state index is 0.676. The highest BCUT2D eigenvalue weighted by Gasteiger charge is 2.04. The van der Waals surface area contributed by atoms with Crippen LogP contribution in [-0.2, 0) is 13.0 Å². The molecule has 0 fully saturated rings. The number of aliphatic imine (C=N–C) groups is 1. The van der Waals surface area contributed by atoms with Crippen LogP contribution in [0.3, 0.4) is 0 Å². The van der Waals surface area contributed by atoms with Gasteiger partial charge in [-0.1, -0.05) is 0 Å². The maximum absolute atomic E-state index is 4.52. The lowest BCUT2D eigenvalue weighted by Gasteiger charge is -2.10. The SMILES string of the molecule is CN=C(NCCc1nc(C)c(C)s1)NCc1ccn[nH]1. The monoisotopic (exact) mass is 292 g/mol. The van der Waals surface area contributed by atoms with Crippen molar-refractivity contribution >= 4 is 17.3 Å². The van der Waals surface area contributed by atoms with E-state index in [4.69, 9.17) is 0 Å². The van der Waals surface area contributed by atoms with E-state index in [2.05, 4.69) is 37.7 Å². The van der Waals surface area contributed by atoms with Crippen molar-refractivity contribution in [1.82, 2.24) is 25.8 Å². The van der Waals surface area contributed by atoms with Crippen LogP contribution in [0.4, 0.5) is 0 Å². The number of aromatic amines is 1. The Kier molecular flexibility index (Phi) is 5.11. The fourth-order valence-corrected chi connectivity index (χ4v) is 2.65. The van der Waals surface area contributed by atoms with E-state index in [0.29, 0.717) is 6.54 Å². The van der Waals surface area contributed by atoms with Gasteiger partial charge in [-0.15, -0.1) is 11.3 Å². The topological polar surface area (TPSA) is 78.0 Å². The van der Waals surface area contributed by atoms with Gasteiger partial charge in [0, 0.05) is 31.1 Å². The minimum Gasteiger partial charge on any atom is -0.356 e. The standard InChI is InChI=1S/C13H20N6S/c1-9-10(2)20-12(18-9)5-6-15-13(14-3)16-8-11-4-7-17-19-11/h4,7H,5-6,8H2,1-3H3,(H,17,19)(H2,14,15,16). The molecular weight excluding hydrogens is 272 g/mol. The number of guanidine groups is 1. The molecule has 7 heteroatoms. The summed E-state index contributed by atoms with van der Waals surface area (Å²) >= 11 is 1.76. The van der Waals surface area contributed by atoms with Gasteiger partial charge in [0.1, 0.15) is 0 Å². The third-order valence-corrected chi connectivity index (χ3v) is 4.07. The fraction of sp³-hybridized carbons (Fsp3) is 0.462. The number of nitrogens with one attached hydrogen (secondary N) is 3. The zero-order valence-electron chi connectivity index (χ0n) is 12.0. The highest BCUT2D eigenvalue weighted by atomic mass is 32.1. The van der Waals surface area contributed by atoms with E-state index < -0.39 is 0 Å². The lowest BCUT2D eigenvalue weighted by atomic mass is 10.4. The summed E-state index contributed by atoms with van der Waals surface area (Å²) in [6.45, 7) is 5.65. The van der Waals surface area contributed by atoms with E-state index in [0.717, 1.165) is 35.3 Å². The van der Waals surface area contributed by atoms with Crippen molar-refractivity contribution in [1.29, 1.82) is 0 Å². The first-order valence-corrected chi connectivity index (χ1v) is 7.36. The van der Waals surface area contributed by atoms with E-state index in [-0.39, 0.29) is 0 Å². The summed E-state index contributed by atoms with van der Waals surface area (Å²) < 4.78 is 0. The maximum Gasteiger partial charge on any atom is 0.191 e. The van der Waals surface area contributed by atoms with Crippen molar-refractivity contribution in [3.8, 4) is 0 Å². The number of rotatable bonds is 5. The third kappa shape index (κ3) is 4.06. The lowest BCUT2D eigenvalue weighted by Crippen LogP contribution is -2.37. The van der Waals surface area contributed by atoms with Gasteiger partial charge in [-0.3, -0.25) is 10.1 Å². The molecule has 3 N–H and O–H groups in total. The predicted octanol–water partition coefficient (Wildman–Crippen LogP) is 1.39. The second kappa shape index (κ2) is 7.04. The molecule has 0 atom stereocenters. The Morgan fingerprint density at radius 2 is 2.25 bits per heavy atom. The Labute approximate surface area is 122 Å². The Hall–Kier alpha value is -1.89. The van der Waals surface area contributed by atoms with Gasteiger partial charge in [0.2, 0.25) is 0 Å². The van der Waals surface area contributed by atoms with E-state index in [1.165, 1.54) is 4.88 Å². The van der Waals surface area contributed by atoms with Crippen molar-refractivity contribution in [2.24, 2.45) is 4.99 Å². The summed E-state index contributed by atoms with van der Waals surface area (Å²) in [5, 5.41) is 14.5. The zero-order chi connectivity index (χ0) is 14.4. The molecule has 2 aromatic heterocycles. The van der Waals surface area contributed by atoms with Gasteiger partial charge >= 0.3 is 0 Å². The molecule has 0 unspecified atom stereocenters. The third-order valence-electron chi connectivity index (χ3n) is 2.93. The first-order valence-electron chi connectivity index (χ1n) is 6.54. The van der Waals surface area contributed by atoms with Crippen molar-refractivity contribution in [3.05, 3.63) is 33.5 Å². The van der Waals surface area contributed by atoms with Gasteiger partial charge in [-0.2, -0.15) is 5.10 Å². The van der Waals surface area contributed by atoms with Gasteiger partial charge in [0.25, 0.3) is 0 Å². The molecule has 108 valence electrons. The van der Waals surface area contributed by atoms with Gasteiger partial charge in [0.05, 0.1) is 22.9 Å². The van der Waals surface area contributed by atoms with Crippen LogP contribution in [0.25, 0.3) is 0 Å². The van der Waals surface area contributed by atoms with Crippen LogP contribution < -0.4 is 10.6 Å². The maximum atomic E-state index is 4.52. The summed E-state index contributed by atoms with van der Waals surface area (Å²) in [6.07, 6.45) is 2.64. The molecule has 0 aliphatic heterocycles. The van der Waals surface area contributed by atoms with Crippen LogP contribution in [0.5, 0.6) is 0 Å². The first-order chi connectivity index (χ1) is 9.69. The molecule has 0 amide bonds. The van der Waals surface area contributed by atoms with Crippen LogP contribution in [0.15, 0.2) is 17.3 Å². The quantitative estimate of drug-likeness (QED) is 0.575. The molecule has 0 aromatic carbocycles. The molecule has 0 radical (unpaired) electrons. The van der Waals surface area contributed by atoms with E-state index in [1.807, 2.05) is 13.0 Å². The molecule has 0 saturated heterocycles. The van der Waals surface area contributed by atoms with Crippen molar-refractivity contribution < 1.29 is 0 Å². The summed E-state index contributed by atoms with van der Waals surface area (Å²) in [5.74, 6) is 0.782. The molecule has 2 heterocycles. The highest BCUT2D eigenvalue weighted by molar-refractivity contribution is 7.11. The van der Waals surface area contributed by atoms with E-state index in [1.54, 1.807) is 24.6 Å². The van der Waals surface area contributed by atoms with Crippen LogP contribution >= 0.6 is 11.3 Å². The number of nitrogens with zero attached hydrogens (tertiary/aromatic N) is 3. The van der Waals surface area contributed by atoms with Crippen LogP contribution in [0.1, 0.15) is 21.3 Å². The summed E-state index contributed by atoms with van der Waals surface area (Å²) in [6, 6.07) is 1.93. The van der Waals surface area contributed by atoms with Gasteiger partial charge < -0.3 is 10.6 Å². The molecular formula is C13H20N6S. The number of H-pyrrole nitrogens is 1. The second-order valence-corrected chi connectivity index (χ2v) is 5.72. The number of aryl methyl sites for hydroxylation is 2. The normalized spacial score (nSPS) is 11.7. The largest absolute Gasteiger partial charge is 0.356 e. The fourth-order valence-electron chi connectivity index (χ4n) is 1.72. The summed E-state index contributed by atoms with van der Waals surface area (Å²) in [4.78, 5) is 10.0. The zero-order valence-corrected chi connectivity index (χ0v) is 12.8.